The van der Waals surface area contributed by atoms with Crippen LogP contribution in [0.2, 0.25) is 0 Å². The molecule has 0 bridgehead atoms. The van der Waals surface area contributed by atoms with Gasteiger partial charge in [0.15, 0.2) is 5.82 Å². The summed E-state index contributed by atoms with van der Waals surface area (Å²) in [5.41, 5.74) is -0.0969. The number of hydrogen-bond donors (Lipinski definition) is 1. The van der Waals surface area contributed by atoms with E-state index in [2.05, 4.69) is 36.1 Å². The Kier molecular flexibility index (Phi) is 3.26. The Hall–Kier alpha value is -1.27. The fourth-order valence-electron chi connectivity index (χ4n) is 1.36. The Morgan fingerprint density at radius 2 is 2.29 bits per heavy atom. The monoisotopic (exact) mass is 266 g/mol. The van der Waals surface area contributed by atoms with Crippen LogP contribution in [0.15, 0.2) is 22.6 Å². The highest BCUT2D eigenvalue weighted by Crippen LogP contribution is 2.19. The van der Waals surface area contributed by atoms with Crippen LogP contribution in [0.1, 0.15) is 31.5 Å². The maximum absolute atomic E-state index is 5.17. The van der Waals surface area contributed by atoms with E-state index in [0.29, 0.717) is 4.77 Å². The molecule has 0 radical (unpaired) electrons. The van der Waals surface area contributed by atoms with Gasteiger partial charge >= 0.3 is 0 Å². The third-order valence-corrected chi connectivity index (χ3v) is 3.24. The average Bonchev–Trinajstić information content (AvgIpc) is 2.83. The summed E-state index contributed by atoms with van der Waals surface area (Å²) in [6.07, 6.45) is 1.80. The first-order chi connectivity index (χ1) is 7.98. The number of nitrogens with one attached hydrogen (secondary N) is 1. The summed E-state index contributed by atoms with van der Waals surface area (Å²) in [6.45, 7) is 6.24. The molecule has 0 aliphatic heterocycles. The normalized spacial score (nSPS) is 12.4. The second kappa shape index (κ2) is 4.54. The van der Waals surface area contributed by atoms with Gasteiger partial charge in [0.25, 0.3) is 0 Å². The molecule has 0 aromatic carbocycles. The molecular weight excluding hydrogens is 252 g/mol. The van der Waals surface area contributed by atoms with Crippen LogP contribution in [0.5, 0.6) is 0 Å². The molecule has 2 aromatic rings. The van der Waals surface area contributed by atoms with Crippen LogP contribution in [0.25, 0.3) is 0 Å². The van der Waals surface area contributed by atoms with Gasteiger partial charge in [0.2, 0.25) is 4.77 Å². The molecule has 0 fully saturated rings. The highest BCUT2D eigenvalue weighted by Gasteiger charge is 2.21. The van der Waals surface area contributed by atoms with Gasteiger partial charge in [0.1, 0.15) is 0 Å². The van der Waals surface area contributed by atoms with Crippen LogP contribution in [0.3, 0.4) is 0 Å². The number of aromatic nitrogens is 3. The maximum atomic E-state index is 5.17. The van der Waals surface area contributed by atoms with E-state index in [1.165, 1.54) is 0 Å². The van der Waals surface area contributed by atoms with Crippen molar-refractivity contribution in [2.45, 2.75) is 26.2 Å². The Labute approximate surface area is 109 Å². The largest absolute Gasteiger partial charge is 0.250 e. The molecule has 0 unspecified atom stereocenters. The van der Waals surface area contributed by atoms with Crippen molar-refractivity contribution in [3.63, 3.8) is 0 Å². The zero-order valence-corrected chi connectivity index (χ0v) is 11.6. The molecule has 0 aliphatic carbocycles. The van der Waals surface area contributed by atoms with E-state index in [0.717, 1.165) is 10.7 Å². The van der Waals surface area contributed by atoms with E-state index >= 15 is 0 Å². The predicted octanol–water partition coefficient (Wildman–Crippen LogP) is 3.18. The van der Waals surface area contributed by atoms with Crippen molar-refractivity contribution in [3.05, 3.63) is 33.0 Å². The minimum absolute atomic E-state index is 0.0969. The summed E-state index contributed by atoms with van der Waals surface area (Å²) in [5, 5.41) is 13.4. The summed E-state index contributed by atoms with van der Waals surface area (Å²) in [4.78, 5) is 1.09. The van der Waals surface area contributed by atoms with Crippen molar-refractivity contribution in [2.75, 3.05) is 0 Å². The number of nitrogens with zero attached hydrogens (tertiary/aromatic N) is 3. The van der Waals surface area contributed by atoms with E-state index in [9.17, 15) is 0 Å². The van der Waals surface area contributed by atoms with Crippen LogP contribution in [0, 0.1) is 4.77 Å². The van der Waals surface area contributed by atoms with Crippen LogP contribution >= 0.6 is 23.6 Å². The molecule has 1 N–H and O–H groups in total. The molecule has 0 amide bonds. The van der Waals surface area contributed by atoms with Gasteiger partial charge in [0.05, 0.1) is 6.21 Å². The molecule has 0 atom stereocenters. The van der Waals surface area contributed by atoms with Gasteiger partial charge in [-0.3, -0.25) is 5.10 Å². The molecule has 2 heterocycles. The molecule has 17 heavy (non-hydrogen) atoms. The lowest BCUT2D eigenvalue weighted by Crippen LogP contribution is -2.17. The molecule has 0 aliphatic rings. The minimum Gasteiger partial charge on any atom is -0.250 e. The summed E-state index contributed by atoms with van der Waals surface area (Å²) in [7, 11) is 0. The van der Waals surface area contributed by atoms with E-state index in [1.807, 2.05) is 17.5 Å². The Bertz CT molecular complexity index is 569. The Morgan fingerprint density at radius 3 is 2.88 bits per heavy atom. The van der Waals surface area contributed by atoms with Gasteiger partial charge in [-0.2, -0.15) is 14.9 Å². The highest BCUT2D eigenvalue weighted by molar-refractivity contribution is 7.71. The first kappa shape index (κ1) is 12.2. The second-order valence-corrected chi connectivity index (χ2v) is 6.04. The fourth-order valence-corrected chi connectivity index (χ4v) is 2.12. The van der Waals surface area contributed by atoms with Crippen molar-refractivity contribution in [1.82, 2.24) is 14.9 Å². The lowest BCUT2D eigenvalue weighted by molar-refractivity contribution is 0.516. The number of aromatic amines is 1. The van der Waals surface area contributed by atoms with Gasteiger partial charge in [-0.25, -0.2) is 0 Å². The summed E-state index contributed by atoms with van der Waals surface area (Å²) in [5.74, 6) is 0.829. The fraction of sp³-hybridized carbons (Fsp3) is 0.364. The first-order valence-electron chi connectivity index (χ1n) is 5.24. The number of rotatable bonds is 2. The van der Waals surface area contributed by atoms with Crippen molar-refractivity contribution in [2.24, 2.45) is 5.10 Å². The third kappa shape index (κ3) is 2.70. The number of H-pyrrole nitrogens is 1. The average molecular weight is 266 g/mol. The van der Waals surface area contributed by atoms with Crippen molar-refractivity contribution >= 4 is 29.8 Å². The summed E-state index contributed by atoms with van der Waals surface area (Å²) < 4.78 is 2.19. The van der Waals surface area contributed by atoms with Crippen LogP contribution in [0.4, 0.5) is 0 Å². The van der Waals surface area contributed by atoms with Crippen LogP contribution in [-0.4, -0.2) is 21.1 Å². The van der Waals surface area contributed by atoms with Crippen LogP contribution < -0.4 is 0 Å². The van der Waals surface area contributed by atoms with E-state index in [4.69, 9.17) is 12.2 Å². The summed E-state index contributed by atoms with van der Waals surface area (Å²) in [6, 6.07) is 4.00. The second-order valence-electron chi connectivity index (χ2n) is 4.67. The highest BCUT2D eigenvalue weighted by atomic mass is 32.1. The number of thiophene rings is 1. The van der Waals surface area contributed by atoms with Crippen molar-refractivity contribution < 1.29 is 0 Å². The van der Waals surface area contributed by atoms with Gasteiger partial charge < -0.3 is 0 Å². The van der Waals surface area contributed by atoms with E-state index in [-0.39, 0.29) is 5.41 Å². The third-order valence-electron chi connectivity index (χ3n) is 2.16. The molecule has 2 rings (SSSR count). The van der Waals surface area contributed by atoms with Gasteiger partial charge in [0, 0.05) is 10.3 Å². The molecule has 0 spiro atoms. The smallest absolute Gasteiger partial charge is 0.216 e. The van der Waals surface area contributed by atoms with Gasteiger partial charge in [-0.1, -0.05) is 26.8 Å². The minimum atomic E-state index is -0.0969. The quantitative estimate of drug-likeness (QED) is 0.670. The standard InChI is InChI=1S/C11H14N4S2/c1-11(2,3)9-13-14-10(16)15(9)12-7-8-5-4-6-17-8/h4-7H,1-3H3,(H,14,16)/b12-7-. The van der Waals surface area contributed by atoms with Crippen molar-refractivity contribution in [3.8, 4) is 0 Å². The zero-order valence-electron chi connectivity index (χ0n) is 9.97. The molecule has 2 aromatic heterocycles. The summed E-state index contributed by atoms with van der Waals surface area (Å²) >= 11 is 6.81. The predicted molar refractivity (Wildman–Crippen MR) is 73.4 cm³/mol. The van der Waals surface area contributed by atoms with Gasteiger partial charge in [-0.15, -0.1) is 11.3 Å². The van der Waals surface area contributed by atoms with E-state index in [1.54, 1.807) is 22.2 Å². The Morgan fingerprint density at radius 1 is 1.53 bits per heavy atom. The molecule has 4 nitrogen and oxygen atoms in total. The first-order valence-corrected chi connectivity index (χ1v) is 6.53. The molecule has 0 saturated heterocycles. The number of hydrogen-bond acceptors (Lipinski definition) is 4. The van der Waals surface area contributed by atoms with Crippen molar-refractivity contribution in [1.29, 1.82) is 0 Å². The SMILES string of the molecule is CC(C)(C)c1n[nH]c(=S)n1/N=C\c1cccs1. The molecule has 0 saturated carbocycles. The lowest BCUT2D eigenvalue weighted by Gasteiger charge is -2.15. The topological polar surface area (TPSA) is 46.0 Å². The lowest BCUT2D eigenvalue weighted by atomic mass is 9.96. The van der Waals surface area contributed by atoms with Gasteiger partial charge in [-0.05, 0) is 23.7 Å². The molecule has 6 heteroatoms. The Balaban J connectivity index is 2.39. The maximum Gasteiger partial charge on any atom is 0.216 e. The molecule has 90 valence electrons. The van der Waals surface area contributed by atoms with Crippen LogP contribution in [-0.2, 0) is 5.41 Å². The molecular formula is C11H14N4S2. The van der Waals surface area contributed by atoms with E-state index < -0.39 is 0 Å². The zero-order chi connectivity index (χ0) is 12.5.